The number of para-hydroxylation sites is 1. The molecule has 1 aromatic heterocycles. The van der Waals surface area contributed by atoms with E-state index >= 15 is 0 Å². The highest BCUT2D eigenvalue weighted by Gasteiger charge is 2.44. The summed E-state index contributed by atoms with van der Waals surface area (Å²) in [5.74, 6) is -2.87. The standard InChI is InChI=1S/C16H14F3NO2/c1-22-14-5-3-2-4-12(14)13(15(21)16(17,18)19)10-11-6-8-20-9-7-11/h2-9,13H,10H2,1H3. The Balaban J connectivity index is 2.44. The molecule has 0 aliphatic carbocycles. The molecule has 2 aromatic rings. The number of hydrogen-bond acceptors (Lipinski definition) is 3. The van der Waals surface area contributed by atoms with Crippen molar-refractivity contribution >= 4 is 5.78 Å². The number of carbonyl (C=O) groups is 1. The predicted molar refractivity (Wildman–Crippen MR) is 74.7 cm³/mol. The number of nitrogens with zero attached hydrogens (tertiary/aromatic N) is 1. The van der Waals surface area contributed by atoms with Crippen LogP contribution in [0.4, 0.5) is 13.2 Å². The number of ether oxygens (including phenoxy) is 1. The van der Waals surface area contributed by atoms with Crippen LogP contribution in [0.2, 0.25) is 0 Å². The molecule has 1 heterocycles. The van der Waals surface area contributed by atoms with Crippen molar-refractivity contribution in [2.45, 2.75) is 18.5 Å². The summed E-state index contributed by atoms with van der Waals surface area (Å²) in [4.78, 5) is 15.7. The monoisotopic (exact) mass is 309 g/mol. The number of rotatable bonds is 5. The number of aromatic nitrogens is 1. The molecule has 1 aromatic carbocycles. The van der Waals surface area contributed by atoms with Crippen LogP contribution in [0.5, 0.6) is 5.75 Å². The zero-order valence-corrected chi connectivity index (χ0v) is 11.8. The highest BCUT2D eigenvalue weighted by molar-refractivity contribution is 5.91. The number of methoxy groups -OCH3 is 1. The molecule has 0 aliphatic heterocycles. The van der Waals surface area contributed by atoms with Crippen LogP contribution in [0, 0.1) is 0 Å². The molecule has 0 bridgehead atoms. The molecule has 0 radical (unpaired) electrons. The van der Waals surface area contributed by atoms with Gasteiger partial charge in [0.15, 0.2) is 0 Å². The van der Waals surface area contributed by atoms with Crippen LogP contribution in [-0.4, -0.2) is 24.1 Å². The van der Waals surface area contributed by atoms with Crippen molar-refractivity contribution in [3.05, 3.63) is 59.9 Å². The fourth-order valence-corrected chi connectivity index (χ4v) is 2.25. The number of ketones is 1. The Morgan fingerprint density at radius 1 is 1.18 bits per heavy atom. The second-order valence-electron chi connectivity index (χ2n) is 4.72. The van der Waals surface area contributed by atoms with Gasteiger partial charge in [0.1, 0.15) is 5.75 Å². The van der Waals surface area contributed by atoms with Gasteiger partial charge in [-0.15, -0.1) is 0 Å². The Kier molecular flexibility index (Phi) is 4.80. The minimum Gasteiger partial charge on any atom is -0.496 e. The first-order valence-corrected chi connectivity index (χ1v) is 6.56. The van der Waals surface area contributed by atoms with E-state index in [4.69, 9.17) is 4.74 Å². The van der Waals surface area contributed by atoms with E-state index in [0.29, 0.717) is 5.56 Å². The van der Waals surface area contributed by atoms with Crippen LogP contribution in [0.3, 0.4) is 0 Å². The molecule has 0 amide bonds. The lowest BCUT2D eigenvalue weighted by molar-refractivity contribution is -0.172. The van der Waals surface area contributed by atoms with Crippen molar-refractivity contribution in [1.29, 1.82) is 0 Å². The van der Waals surface area contributed by atoms with Crippen LogP contribution < -0.4 is 4.74 Å². The fraction of sp³-hybridized carbons (Fsp3) is 0.250. The first-order chi connectivity index (χ1) is 10.4. The molecule has 1 unspecified atom stereocenters. The SMILES string of the molecule is COc1ccccc1C(Cc1ccncc1)C(=O)C(F)(F)F. The van der Waals surface area contributed by atoms with Crippen LogP contribution in [0.15, 0.2) is 48.8 Å². The zero-order chi connectivity index (χ0) is 16.2. The first-order valence-electron chi connectivity index (χ1n) is 6.56. The third-order valence-electron chi connectivity index (χ3n) is 3.30. The van der Waals surface area contributed by atoms with Gasteiger partial charge in [-0.25, -0.2) is 0 Å². The van der Waals surface area contributed by atoms with E-state index < -0.39 is 17.9 Å². The number of carbonyl (C=O) groups excluding carboxylic acids is 1. The third-order valence-corrected chi connectivity index (χ3v) is 3.30. The normalized spacial score (nSPS) is 12.7. The maximum absolute atomic E-state index is 12.9. The zero-order valence-electron chi connectivity index (χ0n) is 11.8. The van der Waals surface area contributed by atoms with Crippen LogP contribution in [0.1, 0.15) is 17.0 Å². The second-order valence-corrected chi connectivity index (χ2v) is 4.72. The van der Waals surface area contributed by atoms with Crippen LogP contribution in [-0.2, 0) is 11.2 Å². The number of Topliss-reactive ketones (excluding diaryl/α,β-unsaturated/α-hetero) is 1. The molecule has 6 heteroatoms. The summed E-state index contributed by atoms with van der Waals surface area (Å²) in [5.41, 5.74) is 0.827. The summed E-state index contributed by atoms with van der Waals surface area (Å²) in [5, 5.41) is 0. The molecule has 22 heavy (non-hydrogen) atoms. The van der Waals surface area contributed by atoms with Gasteiger partial charge in [-0.05, 0) is 30.2 Å². The van der Waals surface area contributed by atoms with Gasteiger partial charge in [0.25, 0.3) is 0 Å². The van der Waals surface area contributed by atoms with Crippen molar-refractivity contribution in [2.24, 2.45) is 0 Å². The largest absolute Gasteiger partial charge is 0.496 e. The summed E-state index contributed by atoms with van der Waals surface area (Å²) in [6.45, 7) is 0. The molecular weight excluding hydrogens is 295 g/mol. The van der Waals surface area contributed by atoms with Gasteiger partial charge in [0, 0.05) is 18.0 Å². The quantitative estimate of drug-likeness (QED) is 0.848. The summed E-state index contributed by atoms with van der Waals surface area (Å²) < 4.78 is 43.9. The molecule has 0 spiro atoms. The number of benzene rings is 1. The van der Waals surface area contributed by atoms with E-state index in [1.807, 2.05) is 0 Å². The van der Waals surface area contributed by atoms with Gasteiger partial charge in [-0.2, -0.15) is 13.2 Å². The topological polar surface area (TPSA) is 39.2 Å². The van der Waals surface area contributed by atoms with E-state index in [2.05, 4.69) is 4.98 Å². The lowest BCUT2D eigenvalue weighted by Gasteiger charge is -2.20. The molecule has 0 saturated heterocycles. The fourth-order valence-electron chi connectivity index (χ4n) is 2.25. The lowest BCUT2D eigenvalue weighted by atomic mass is 9.87. The van der Waals surface area contributed by atoms with Gasteiger partial charge in [-0.3, -0.25) is 9.78 Å². The summed E-state index contributed by atoms with van der Waals surface area (Å²) in [6.07, 6.45) is -2.01. The van der Waals surface area contributed by atoms with E-state index in [1.54, 1.807) is 30.3 Å². The Bertz CT molecular complexity index is 641. The Labute approximate surface area is 125 Å². The van der Waals surface area contributed by atoms with Gasteiger partial charge in [-0.1, -0.05) is 18.2 Å². The van der Waals surface area contributed by atoms with E-state index in [-0.39, 0.29) is 17.7 Å². The Hall–Kier alpha value is -2.37. The third kappa shape index (κ3) is 3.63. The average molecular weight is 309 g/mol. The number of alkyl halides is 3. The summed E-state index contributed by atoms with van der Waals surface area (Å²) in [6, 6.07) is 9.43. The van der Waals surface area contributed by atoms with Gasteiger partial charge < -0.3 is 4.74 Å². The maximum Gasteiger partial charge on any atom is 0.450 e. The molecule has 3 nitrogen and oxygen atoms in total. The molecule has 0 saturated carbocycles. The number of hydrogen-bond donors (Lipinski definition) is 0. The highest BCUT2D eigenvalue weighted by atomic mass is 19.4. The molecule has 1 atom stereocenters. The Morgan fingerprint density at radius 3 is 2.41 bits per heavy atom. The Morgan fingerprint density at radius 2 is 1.82 bits per heavy atom. The van der Waals surface area contributed by atoms with E-state index in [1.165, 1.54) is 25.6 Å². The van der Waals surface area contributed by atoms with Crippen molar-refractivity contribution < 1.29 is 22.7 Å². The predicted octanol–water partition coefficient (Wildman–Crippen LogP) is 3.55. The van der Waals surface area contributed by atoms with E-state index in [9.17, 15) is 18.0 Å². The number of halogens is 3. The summed E-state index contributed by atoms with van der Waals surface area (Å²) in [7, 11) is 1.36. The van der Waals surface area contributed by atoms with Gasteiger partial charge in [0.2, 0.25) is 5.78 Å². The molecular formula is C16H14F3NO2. The summed E-state index contributed by atoms with van der Waals surface area (Å²) >= 11 is 0. The molecule has 116 valence electrons. The molecule has 0 N–H and O–H groups in total. The molecule has 2 rings (SSSR count). The van der Waals surface area contributed by atoms with Crippen molar-refractivity contribution in [3.63, 3.8) is 0 Å². The van der Waals surface area contributed by atoms with Crippen molar-refractivity contribution in [2.75, 3.05) is 7.11 Å². The minimum atomic E-state index is -4.90. The van der Waals surface area contributed by atoms with Gasteiger partial charge in [0.05, 0.1) is 13.0 Å². The second kappa shape index (κ2) is 6.60. The molecule has 0 aliphatic rings. The van der Waals surface area contributed by atoms with Crippen molar-refractivity contribution in [1.82, 2.24) is 4.98 Å². The molecule has 0 fully saturated rings. The average Bonchev–Trinajstić information content (AvgIpc) is 2.52. The van der Waals surface area contributed by atoms with Crippen LogP contribution >= 0.6 is 0 Å². The maximum atomic E-state index is 12.9. The van der Waals surface area contributed by atoms with E-state index in [0.717, 1.165) is 0 Å². The minimum absolute atomic E-state index is 0.0682. The lowest BCUT2D eigenvalue weighted by Crippen LogP contribution is -2.30. The number of pyridine rings is 1. The van der Waals surface area contributed by atoms with Gasteiger partial charge >= 0.3 is 6.18 Å². The smallest absolute Gasteiger partial charge is 0.450 e. The highest BCUT2D eigenvalue weighted by Crippen LogP contribution is 2.34. The van der Waals surface area contributed by atoms with Crippen LogP contribution in [0.25, 0.3) is 0 Å². The first kappa shape index (κ1) is 16.0. The van der Waals surface area contributed by atoms with Crippen molar-refractivity contribution in [3.8, 4) is 5.75 Å².